The summed E-state index contributed by atoms with van der Waals surface area (Å²) in [6, 6.07) is 5.93. The first-order valence-corrected chi connectivity index (χ1v) is 7.80. The molecule has 0 unspecified atom stereocenters. The van der Waals surface area contributed by atoms with Crippen molar-refractivity contribution < 1.29 is 18.8 Å². The van der Waals surface area contributed by atoms with Gasteiger partial charge in [-0.1, -0.05) is 36.4 Å². The number of nitrogens with zero attached hydrogens (tertiary/aromatic N) is 1. The smallest absolute Gasteiger partial charge is 0.270 e. The number of amides is 3. The molecule has 1 aliphatic heterocycles. The monoisotopic (exact) mass is 326 g/mol. The summed E-state index contributed by atoms with van der Waals surface area (Å²) >= 11 is 0. The molecule has 0 saturated carbocycles. The molecular weight excluding hydrogens is 311 g/mol. The third kappa shape index (κ3) is 2.10. The van der Waals surface area contributed by atoms with E-state index in [0.29, 0.717) is 5.56 Å². The van der Waals surface area contributed by atoms with Gasteiger partial charge in [-0.25, -0.2) is 4.39 Å². The van der Waals surface area contributed by atoms with Crippen LogP contribution in [0, 0.1) is 23.7 Å². The number of imide groups is 1. The number of alkyl halides is 1. The van der Waals surface area contributed by atoms with Gasteiger partial charge >= 0.3 is 0 Å². The molecule has 5 rings (SSSR count). The zero-order chi connectivity index (χ0) is 16.8. The van der Waals surface area contributed by atoms with E-state index in [1.165, 1.54) is 24.3 Å². The molecule has 1 aromatic carbocycles. The van der Waals surface area contributed by atoms with Gasteiger partial charge in [-0.2, -0.15) is 5.01 Å². The number of hydrazine groups is 1. The highest BCUT2D eigenvalue weighted by atomic mass is 19.1. The summed E-state index contributed by atoms with van der Waals surface area (Å²) in [6.45, 7) is -0.614. The summed E-state index contributed by atoms with van der Waals surface area (Å²) in [6.07, 6.45) is 7.77. The van der Waals surface area contributed by atoms with Crippen LogP contribution in [0.2, 0.25) is 0 Å². The first-order chi connectivity index (χ1) is 11.6. The summed E-state index contributed by atoms with van der Waals surface area (Å²) in [5, 5.41) is 0.848. The van der Waals surface area contributed by atoms with E-state index >= 15 is 0 Å². The number of allylic oxidation sites excluding steroid dienone is 4. The Labute approximate surface area is 137 Å². The Bertz CT molecular complexity index is 736. The van der Waals surface area contributed by atoms with Gasteiger partial charge in [0.2, 0.25) is 0 Å². The highest BCUT2D eigenvalue weighted by Gasteiger charge is 2.55. The zero-order valence-corrected chi connectivity index (χ0v) is 12.7. The Morgan fingerprint density at radius 1 is 0.958 bits per heavy atom. The van der Waals surface area contributed by atoms with Crippen molar-refractivity contribution in [2.24, 2.45) is 23.7 Å². The lowest BCUT2D eigenvalue weighted by molar-refractivity contribution is -0.142. The predicted octanol–water partition coefficient (Wildman–Crippen LogP) is 1.77. The fourth-order valence-electron chi connectivity index (χ4n) is 3.66. The van der Waals surface area contributed by atoms with Gasteiger partial charge in [0.1, 0.15) is 6.67 Å². The van der Waals surface area contributed by atoms with Crippen molar-refractivity contribution in [1.29, 1.82) is 0 Å². The number of halogens is 1. The molecule has 1 fully saturated rings. The van der Waals surface area contributed by atoms with E-state index in [-0.39, 0.29) is 29.2 Å². The van der Waals surface area contributed by atoms with Gasteiger partial charge < -0.3 is 0 Å². The second-order valence-electron chi connectivity index (χ2n) is 6.26. The Morgan fingerprint density at radius 3 is 1.92 bits per heavy atom. The molecule has 1 aromatic rings. The van der Waals surface area contributed by atoms with E-state index in [4.69, 9.17) is 0 Å². The van der Waals surface area contributed by atoms with Crippen LogP contribution in [-0.4, -0.2) is 22.7 Å². The molecule has 3 aliphatic carbocycles. The molecule has 1 N–H and O–H groups in total. The van der Waals surface area contributed by atoms with Crippen molar-refractivity contribution >= 4 is 17.7 Å². The van der Waals surface area contributed by atoms with E-state index in [9.17, 15) is 18.8 Å². The lowest BCUT2D eigenvalue weighted by atomic mass is 9.67. The normalized spacial score (nSPS) is 30.0. The first kappa shape index (κ1) is 14.8. The SMILES string of the molecule is O=C(NN1C(=O)[C@@H]2C3C=CC(C=C3)[C@@H]2C1=O)c1ccc(CF)cc1. The molecule has 0 aromatic heterocycles. The van der Waals surface area contributed by atoms with Gasteiger partial charge in [0, 0.05) is 17.4 Å². The van der Waals surface area contributed by atoms with Crippen molar-refractivity contribution in [2.45, 2.75) is 6.67 Å². The highest BCUT2D eigenvalue weighted by molar-refractivity contribution is 6.08. The number of benzene rings is 1. The van der Waals surface area contributed by atoms with Crippen molar-refractivity contribution in [3.05, 3.63) is 59.7 Å². The van der Waals surface area contributed by atoms with Gasteiger partial charge in [0.15, 0.2) is 0 Å². The summed E-state index contributed by atoms with van der Waals surface area (Å²) < 4.78 is 12.5. The van der Waals surface area contributed by atoms with Crippen LogP contribution in [0.5, 0.6) is 0 Å². The predicted molar refractivity (Wildman–Crippen MR) is 82.8 cm³/mol. The van der Waals surface area contributed by atoms with E-state index in [2.05, 4.69) is 5.43 Å². The summed E-state index contributed by atoms with van der Waals surface area (Å²) in [5.41, 5.74) is 3.13. The first-order valence-electron chi connectivity index (χ1n) is 7.80. The molecular formula is C18H15FN2O3. The number of carbonyl (C=O) groups is 3. The van der Waals surface area contributed by atoms with Gasteiger partial charge in [-0.3, -0.25) is 19.8 Å². The molecule has 6 heteroatoms. The van der Waals surface area contributed by atoms with Gasteiger partial charge in [-0.05, 0) is 17.7 Å². The number of hydrogen-bond donors (Lipinski definition) is 1. The standard InChI is InChI=1S/C18H15FN2O3/c19-9-10-1-3-13(4-2-10)16(22)20-21-17(23)14-11-5-6-12(8-7-11)15(14)18(21)24/h1-8,11-12,14-15H,9H2,(H,20,22)/t11?,12?,14-,15+. The summed E-state index contributed by atoms with van der Waals surface area (Å²) in [4.78, 5) is 37.5. The topological polar surface area (TPSA) is 66.5 Å². The maximum atomic E-state index is 12.6. The minimum atomic E-state index is -0.614. The minimum Gasteiger partial charge on any atom is -0.272 e. The zero-order valence-electron chi connectivity index (χ0n) is 12.7. The Balaban J connectivity index is 1.54. The quantitative estimate of drug-likeness (QED) is 0.680. The van der Waals surface area contributed by atoms with E-state index in [1.54, 1.807) is 0 Å². The number of hydrogen-bond acceptors (Lipinski definition) is 3. The maximum Gasteiger partial charge on any atom is 0.270 e. The lowest BCUT2D eigenvalue weighted by Crippen LogP contribution is -2.46. The highest BCUT2D eigenvalue weighted by Crippen LogP contribution is 2.45. The van der Waals surface area contributed by atoms with E-state index in [1.807, 2.05) is 24.3 Å². The third-order valence-corrected chi connectivity index (χ3v) is 4.92. The second-order valence-corrected chi connectivity index (χ2v) is 6.26. The molecule has 2 bridgehead atoms. The average Bonchev–Trinajstić information content (AvgIpc) is 2.90. The fraction of sp³-hybridized carbons (Fsp3) is 0.278. The molecule has 0 radical (unpaired) electrons. The van der Waals surface area contributed by atoms with Crippen LogP contribution in [0.1, 0.15) is 15.9 Å². The summed E-state index contributed by atoms with van der Waals surface area (Å²) in [5.74, 6) is -2.37. The second kappa shape index (κ2) is 5.40. The van der Waals surface area contributed by atoms with Crippen LogP contribution in [0.15, 0.2) is 48.6 Å². The van der Waals surface area contributed by atoms with Crippen LogP contribution in [-0.2, 0) is 16.3 Å². The van der Waals surface area contributed by atoms with Crippen molar-refractivity contribution in [2.75, 3.05) is 0 Å². The third-order valence-electron chi connectivity index (χ3n) is 4.92. The fourth-order valence-corrected chi connectivity index (χ4v) is 3.66. The number of nitrogens with one attached hydrogen (secondary N) is 1. The molecule has 1 saturated heterocycles. The van der Waals surface area contributed by atoms with Crippen molar-refractivity contribution in [3.63, 3.8) is 0 Å². The average molecular weight is 326 g/mol. The number of rotatable bonds is 3. The van der Waals surface area contributed by atoms with Crippen LogP contribution in [0.4, 0.5) is 4.39 Å². The number of carbonyl (C=O) groups excluding carboxylic acids is 3. The van der Waals surface area contributed by atoms with E-state index in [0.717, 1.165) is 5.01 Å². The molecule has 0 spiro atoms. The molecule has 1 heterocycles. The van der Waals surface area contributed by atoms with Gasteiger partial charge in [-0.15, -0.1) is 0 Å². The summed E-state index contributed by atoms with van der Waals surface area (Å²) in [7, 11) is 0. The minimum absolute atomic E-state index is 0.0952. The largest absolute Gasteiger partial charge is 0.272 e. The van der Waals surface area contributed by atoms with E-state index < -0.39 is 24.4 Å². The maximum absolute atomic E-state index is 12.6. The van der Waals surface area contributed by atoms with Crippen LogP contribution < -0.4 is 5.43 Å². The molecule has 4 aliphatic rings. The van der Waals surface area contributed by atoms with Crippen molar-refractivity contribution in [1.82, 2.24) is 10.4 Å². The molecule has 24 heavy (non-hydrogen) atoms. The Morgan fingerprint density at radius 2 is 1.46 bits per heavy atom. The van der Waals surface area contributed by atoms with Crippen LogP contribution >= 0.6 is 0 Å². The van der Waals surface area contributed by atoms with Gasteiger partial charge in [0.05, 0.1) is 11.8 Å². The van der Waals surface area contributed by atoms with Gasteiger partial charge in [0.25, 0.3) is 17.7 Å². The van der Waals surface area contributed by atoms with Crippen LogP contribution in [0.25, 0.3) is 0 Å². The Kier molecular flexibility index (Phi) is 3.33. The molecule has 5 nitrogen and oxygen atoms in total. The van der Waals surface area contributed by atoms with Crippen LogP contribution in [0.3, 0.4) is 0 Å². The molecule has 3 amide bonds. The molecule has 2 atom stereocenters. The Hall–Kier alpha value is -2.76. The molecule has 122 valence electrons. The van der Waals surface area contributed by atoms with Crippen molar-refractivity contribution in [3.8, 4) is 0 Å². The lowest BCUT2D eigenvalue weighted by Gasteiger charge is -2.33.